The number of aryl methyl sites for hydroxylation is 1. The molecule has 2 rings (SSSR count). The van der Waals surface area contributed by atoms with Crippen LogP contribution in [0.3, 0.4) is 0 Å². The number of hydrogen-bond acceptors (Lipinski definition) is 2. The van der Waals surface area contributed by atoms with Gasteiger partial charge in [0.25, 0.3) is 0 Å². The van der Waals surface area contributed by atoms with Crippen LogP contribution in [0.2, 0.25) is 0 Å². The average molecular weight is 221 g/mol. The second-order valence-corrected chi connectivity index (χ2v) is 4.89. The topological polar surface area (TPSA) is 29.9 Å². The van der Waals surface area contributed by atoms with E-state index in [0.717, 1.165) is 6.54 Å². The summed E-state index contributed by atoms with van der Waals surface area (Å²) in [5.41, 5.74) is 1.28. The molecule has 16 heavy (non-hydrogen) atoms. The highest BCUT2D eigenvalue weighted by atomic mass is 15.2. The number of nitrogens with one attached hydrogen (secondary N) is 1. The van der Waals surface area contributed by atoms with Crippen LogP contribution >= 0.6 is 0 Å². The van der Waals surface area contributed by atoms with Crippen LogP contribution in [-0.4, -0.2) is 22.4 Å². The molecule has 3 nitrogen and oxygen atoms in total. The van der Waals surface area contributed by atoms with E-state index >= 15 is 0 Å². The minimum atomic E-state index is 0.660. The third-order valence-electron chi connectivity index (χ3n) is 3.57. The second kappa shape index (κ2) is 5.48. The van der Waals surface area contributed by atoms with E-state index in [4.69, 9.17) is 0 Å². The third-order valence-corrected chi connectivity index (χ3v) is 3.57. The summed E-state index contributed by atoms with van der Waals surface area (Å²) in [7, 11) is 2.00. The molecule has 0 spiro atoms. The summed E-state index contributed by atoms with van der Waals surface area (Å²) in [6.45, 7) is 3.28. The van der Waals surface area contributed by atoms with Crippen LogP contribution < -0.4 is 5.32 Å². The van der Waals surface area contributed by atoms with E-state index in [0.29, 0.717) is 12.0 Å². The first-order chi connectivity index (χ1) is 7.79. The second-order valence-electron chi connectivity index (χ2n) is 4.89. The fourth-order valence-electron chi connectivity index (χ4n) is 2.75. The molecule has 0 amide bonds. The van der Waals surface area contributed by atoms with E-state index in [2.05, 4.69) is 29.6 Å². The van der Waals surface area contributed by atoms with Crippen molar-refractivity contribution >= 4 is 0 Å². The fraction of sp³-hybridized carbons (Fsp3) is 0.769. The third kappa shape index (κ3) is 2.85. The van der Waals surface area contributed by atoms with Crippen LogP contribution in [0.1, 0.15) is 50.6 Å². The molecule has 0 aliphatic heterocycles. The average Bonchev–Trinajstić information content (AvgIpc) is 2.56. The van der Waals surface area contributed by atoms with Gasteiger partial charge >= 0.3 is 0 Å². The molecule has 1 N–H and O–H groups in total. The van der Waals surface area contributed by atoms with E-state index in [1.165, 1.54) is 37.8 Å². The number of rotatable bonds is 3. The Kier molecular flexibility index (Phi) is 3.99. The van der Waals surface area contributed by atoms with Gasteiger partial charge in [-0.15, -0.1) is 0 Å². The maximum absolute atomic E-state index is 4.56. The van der Waals surface area contributed by atoms with Crippen molar-refractivity contribution in [1.29, 1.82) is 0 Å². The molecular weight excluding hydrogens is 198 g/mol. The van der Waals surface area contributed by atoms with Gasteiger partial charge in [0, 0.05) is 25.2 Å². The summed E-state index contributed by atoms with van der Waals surface area (Å²) in [5.74, 6) is 0.660. The van der Waals surface area contributed by atoms with Gasteiger partial charge in [-0.25, -0.2) is 0 Å². The molecule has 0 saturated heterocycles. The van der Waals surface area contributed by atoms with Crippen molar-refractivity contribution in [1.82, 2.24) is 15.1 Å². The summed E-state index contributed by atoms with van der Waals surface area (Å²) < 4.78 is 1.92. The Hall–Kier alpha value is -0.830. The lowest BCUT2D eigenvalue weighted by Gasteiger charge is -2.19. The van der Waals surface area contributed by atoms with Gasteiger partial charge in [-0.1, -0.05) is 19.8 Å². The molecule has 2 unspecified atom stereocenters. The van der Waals surface area contributed by atoms with E-state index in [9.17, 15) is 0 Å². The Bertz CT molecular complexity index is 319. The van der Waals surface area contributed by atoms with Crippen molar-refractivity contribution in [3.8, 4) is 0 Å². The molecule has 3 heteroatoms. The number of aromatic nitrogens is 2. The molecule has 1 aromatic rings. The fourth-order valence-corrected chi connectivity index (χ4v) is 2.75. The first kappa shape index (κ1) is 11.6. The van der Waals surface area contributed by atoms with Gasteiger partial charge in [0.05, 0.1) is 5.69 Å². The lowest BCUT2D eigenvalue weighted by atomic mass is 9.95. The Balaban J connectivity index is 2.02. The number of hydrogen-bond donors (Lipinski definition) is 1. The van der Waals surface area contributed by atoms with Gasteiger partial charge in [0.2, 0.25) is 0 Å². The van der Waals surface area contributed by atoms with Crippen LogP contribution in [0.25, 0.3) is 0 Å². The zero-order valence-corrected chi connectivity index (χ0v) is 10.4. The van der Waals surface area contributed by atoms with E-state index in [1.807, 2.05) is 11.7 Å². The van der Waals surface area contributed by atoms with Gasteiger partial charge in [0.1, 0.15) is 0 Å². The summed E-state index contributed by atoms with van der Waals surface area (Å²) in [6.07, 6.45) is 8.66. The van der Waals surface area contributed by atoms with Crippen molar-refractivity contribution in [2.75, 3.05) is 6.54 Å². The van der Waals surface area contributed by atoms with Gasteiger partial charge < -0.3 is 5.32 Å². The Morgan fingerprint density at radius 1 is 1.44 bits per heavy atom. The summed E-state index contributed by atoms with van der Waals surface area (Å²) in [5, 5.41) is 8.16. The maximum atomic E-state index is 4.56. The van der Waals surface area contributed by atoms with Crippen LogP contribution in [0.4, 0.5) is 0 Å². The highest BCUT2D eigenvalue weighted by Crippen LogP contribution is 2.30. The van der Waals surface area contributed by atoms with Crippen molar-refractivity contribution < 1.29 is 0 Å². The van der Waals surface area contributed by atoms with Crippen LogP contribution in [0, 0.1) is 0 Å². The molecule has 1 heterocycles. The van der Waals surface area contributed by atoms with E-state index < -0.39 is 0 Å². The molecule has 1 aliphatic rings. The number of nitrogens with zero attached hydrogens (tertiary/aromatic N) is 2. The Labute approximate surface area is 98.2 Å². The smallest absolute Gasteiger partial charge is 0.0655 e. The quantitative estimate of drug-likeness (QED) is 0.795. The molecule has 1 aliphatic carbocycles. The Morgan fingerprint density at radius 3 is 2.94 bits per heavy atom. The first-order valence-electron chi connectivity index (χ1n) is 6.52. The van der Waals surface area contributed by atoms with Crippen LogP contribution in [0.15, 0.2) is 12.3 Å². The molecule has 1 saturated carbocycles. The van der Waals surface area contributed by atoms with Crippen molar-refractivity contribution in [2.45, 2.75) is 51.0 Å². The molecule has 0 radical (unpaired) electrons. The lowest BCUT2D eigenvalue weighted by molar-refractivity contribution is 0.444. The molecule has 1 aromatic heterocycles. The standard InChI is InChI=1S/C13H23N3/c1-3-14-12-7-5-4-6-11(10-12)13-8-9-16(2)15-13/h8-9,11-12,14H,3-7,10H2,1-2H3. The van der Waals surface area contributed by atoms with Crippen LogP contribution in [0.5, 0.6) is 0 Å². The van der Waals surface area contributed by atoms with Crippen molar-refractivity contribution in [3.05, 3.63) is 18.0 Å². The minimum absolute atomic E-state index is 0.660. The zero-order valence-electron chi connectivity index (χ0n) is 10.4. The van der Waals surface area contributed by atoms with Crippen molar-refractivity contribution in [2.24, 2.45) is 7.05 Å². The van der Waals surface area contributed by atoms with Gasteiger partial charge in [-0.2, -0.15) is 5.10 Å². The highest BCUT2D eigenvalue weighted by molar-refractivity contribution is 5.07. The van der Waals surface area contributed by atoms with E-state index in [-0.39, 0.29) is 0 Å². The molecule has 1 fully saturated rings. The predicted octanol–water partition coefficient (Wildman–Crippen LogP) is 2.45. The predicted molar refractivity (Wildman–Crippen MR) is 66.5 cm³/mol. The summed E-state index contributed by atoms with van der Waals surface area (Å²) in [4.78, 5) is 0. The van der Waals surface area contributed by atoms with Gasteiger partial charge in [-0.05, 0) is 31.9 Å². The highest BCUT2D eigenvalue weighted by Gasteiger charge is 2.22. The molecule has 0 aromatic carbocycles. The molecular formula is C13H23N3. The SMILES string of the molecule is CCNC1CCCCC(c2ccn(C)n2)C1. The Morgan fingerprint density at radius 2 is 2.25 bits per heavy atom. The monoisotopic (exact) mass is 221 g/mol. The molecule has 0 bridgehead atoms. The van der Waals surface area contributed by atoms with E-state index in [1.54, 1.807) is 0 Å². The first-order valence-corrected chi connectivity index (χ1v) is 6.52. The summed E-state index contributed by atoms with van der Waals surface area (Å²) in [6, 6.07) is 2.87. The largest absolute Gasteiger partial charge is 0.314 e. The van der Waals surface area contributed by atoms with Crippen molar-refractivity contribution in [3.63, 3.8) is 0 Å². The lowest BCUT2D eigenvalue weighted by Crippen LogP contribution is -2.29. The minimum Gasteiger partial charge on any atom is -0.314 e. The summed E-state index contributed by atoms with van der Waals surface area (Å²) >= 11 is 0. The van der Waals surface area contributed by atoms with Gasteiger partial charge in [-0.3, -0.25) is 4.68 Å². The zero-order chi connectivity index (χ0) is 11.4. The van der Waals surface area contributed by atoms with Gasteiger partial charge in [0.15, 0.2) is 0 Å². The normalized spacial score (nSPS) is 26.6. The molecule has 90 valence electrons. The maximum Gasteiger partial charge on any atom is 0.0655 e. The molecule has 2 atom stereocenters. The van der Waals surface area contributed by atoms with Crippen LogP contribution in [-0.2, 0) is 7.05 Å².